The Hall–Kier alpha value is -1.71. The Kier molecular flexibility index (Phi) is 7.93. The number of nitrogens with one attached hydrogen (secondary N) is 2. The fraction of sp³-hybridized carbons (Fsp3) is 0.400. The predicted octanol–water partition coefficient (Wildman–Crippen LogP) is 2.23. The Morgan fingerprint density at radius 2 is 2.04 bits per heavy atom. The van der Waals surface area contributed by atoms with Gasteiger partial charge in [0.1, 0.15) is 12.1 Å². The summed E-state index contributed by atoms with van der Waals surface area (Å²) in [6.45, 7) is 5.72. The fourth-order valence-corrected chi connectivity index (χ4v) is 2.07. The summed E-state index contributed by atoms with van der Waals surface area (Å²) in [6, 6.07) is 5.06. The minimum Gasteiger partial charge on any atom is -0.352 e. The average Bonchev–Trinajstić information content (AvgIpc) is 2.98. The van der Waals surface area contributed by atoms with Gasteiger partial charge in [-0.25, -0.2) is 4.39 Å². The number of halogens is 2. The van der Waals surface area contributed by atoms with Gasteiger partial charge in [-0.05, 0) is 31.0 Å². The molecule has 0 aliphatic rings. The lowest BCUT2D eigenvalue weighted by Crippen LogP contribution is -2.37. The van der Waals surface area contributed by atoms with Gasteiger partial charge >= 0.3 is 0 Å². The van der Waals surface area contributed by atoms with Gasteiger partial charge in [0.15, 0.2) is 11.8 Å². The molecule has 0 amide bonds. The van der Waals surface area contributed by atoms with Crippen LogP contribution >= 0.6 is 24.0 Å². The van der Waals surface area contributed by atoms with E-state index in [-0.39, 0.29) is 29.8 Å². The first kappa shape index (κ1) is 19.3. The Bertz CT molecular complexity index is 655. The van der Waals surface area contributed by atoms with Crippen LogP contribution in [0.4, 0.5) is 4.39 Å². The van der Waals surface area contributed by atoms with Crippen molar-refractivity contribution >= 4 is 29.9 Å². The van der Waals surface area contributed by atoms with Crippen LogP contribution in [-0.4, -0.2) is 27.8 Å². The first-order valence-electron chi connectivity index (χ1n) is 7.20. The van der Waals surface area contributed by atoms with Crippen LogP contribution < -0.4 is 10.6 Å². The third kappa shape index (κ3) is 5.45. The predicted molar refractivity (Wildman–Crippen MR) is 99.3 cm³/mol. The summed E-state index contributed by atoms with van der Waals surface area (Å²) in [7, 11) is 1.70. The number of nitrogens with zero attached hydrogens (tertiary/aromatic N) is 4. The third-order valence-corrected chi connectivity index (χ3v) is 3.36. The second kappa shape index (κ2) is 9.43. The topological polar surface area (TPSA) is 67.1 Å². The zero-order valence-electron chi connectivity index (χ0n) is 13.5. The van der Waals surface area contributed by atoms with Crippen LogP contribution in [-0.2, 0) is 19.6 Å². The summed E-state index contributed by atoms with van der Waals surface area (Å²) >= 11 is 0. The van der Waals surface area contributed by atoms with Crippen molar-refractivity contribution in [3.8, 4) is 0 Å². The molecule has 6 nitrogen and oxygen atoms in total. The molecule has 0 aliphatic heterocycles. The van der Waals surface area contributed by atoms with Crippen LogP contribution in [0.1, 0.15) is 23.9 Å². The largest absolute Gasteiger partial charge is 0.352 e. The van der Waals surface area contributed by atoms with Crippen molar-refractivity contribution in [1.29, 1.82) is 0 Å². The van der Waals surface area contributed by atoms with E-state index in [0.29, 0.717) is 24.6 Å². The molecule has 23 heavy (non-hydrogen) atoms. The summed E-state index contributed by atoms with van der Waals surface area (Å²) in [5, 5.41) is 14.3. The molecular weight excluding hydrogens is 410 g/mol. The van der Waals surface area contributed by atoms with E-state index in [1.807, 2.05) is 17.6 Å². The molecule has 0 aliphatic carbocycles. The van der Waals surface area contributed by atoms with Crippen LogP contribution in [0.5, 0.6) is 0 Å². The number of aromatic nitrogens is 3. The fourth-order valence-electron chi connectivity index (χ4n) is 2.07. The number of guanidine groups is 1. The van der Waals surface area contributed by atoms with Crippen molar-refractivity contribution < 1.29 is 4.39 Å². The zero-order chi connectivity index (χ0) is 15.9. The molecule has 0 radical (unpaired) electrons. The summed E-state index contributed by atoms with van der Waals surface area (Å²) in [5.41, 5.74) is 1.64. The van der Waals surface area contributed by atoms with E-state index in [1.165, 1.54) is 6.07 Å². The van der Waals surface area contributed by atoms with Gasteiger partial charge in [-0.15, -0.1) is 34.2 Å². The molecule has 0 fully saturated rings. The van der Waals surface area contributed by atoms with Crippen LogP contribution in [0.25, 0.3) is 0 Å². The number of hydrogen-bond donors (Lipinski definition) is 2. The van der Waals surface area contributed by atoms with Gasteiger partial charge in [0.2, 0.25) is 0 Å². The SMILES string of the molecule is CCn1cnnc1CNC(=NC)NCc1ccc(F)c(C)c1.I. The monoisotopic (exact) mass is 432 g/mol. The molecule has 8 heteroatoms. The van der Waals surface area contributed by atoms with E-state index in [0.717, 1.165) is 17.9 Å². The van der Waals surface area contributed by atoms with Gasteiger partial charge in [0.25, 0.3) is 0 Å². The molecule has 1 aromatic heterocycles. The van der Waals surface area contributed by atoms with E-state index >= 15 is 0 Å². The van der Waals surface area contributed by atoms with Crippen molar-refractivity contribution in [1.82, 2.24) is 25.4 Å². The molecular formula is C15H22FIN6. The standard InChI is InChI=1S/C15H21FN6.HI/c1-4-22-10-20-21-14(22)9-19-15(17-3)18-8-12-5-6-13(16)11(2)7-12;/h5-7,10H,4,8-9H2,1-3H3,(H2,17,18,19);1H. The zero-order valence-corrected chi connectivity index (χ0v) is 15.8. The molecule has 0 atom stereocenters. The Morgan fingerprint density at radius 1 is 1.30 bits per heavy atom. The summed E-state index contributed by atoms with van der Waals surface area (Å²) in [6.07, 6.45) is 1.70. The van der Waals surface area contributed by atoms with Crippen LogP contribution in [0.3, 0.4) is 0 Å². The minimum atomic E-state index is -0.190. The lowest BCUT2D eigenvalue weighted by molar-refractivity contribution is 0.617. The molecule has 2 aromatic rings. The molecule has 1 aromatic carbocycles. The third-order valence-electron chi connectivity index (χ3n) is 3.36. The highest BCUT2D eigenvalue weighted by atomic mass is 127. The first-order chi connectivity index (χ1) is 10.6. The molecule has 2 rings (SSSR count). The van der Waals surface area contributed by atoms with Crippen LogP contribution in [0, 0.1) is 12.7 Å². The molecule has 0 bridgehead atoms. The van der Waals surface area contributed by atoms with Crippen molar-refractivity contribution in [2.45, 2.75) is 33.5 Å². The maximum absolute atomic E-state index is 13.2. The molecule has 0 saturated heterocycles. The summed E-state index contributed by atoms with van der Waals surface area (Å²) < 4.78 is 15.2. The highest BCUT2D eigenvalue weighted by Gasteiger charge is 2.05. The minimum absolute atomic E-state index is 0. The summed E-state index contributed by atoms with van der Waals surface area (Å²) in [5.74, 6) is 1.32. The normalized spacial score (nSPS) is 11.0. The smallest absolute Gasteiger partial charge is 0.191 e. The molecule has 0 unspecified atom stereocenters. The lowest BCUT2D eigenvalue weighted by atomic mass is 10.1. The van der Waals surface area contributed by atoms with Crippen molar-refractivity contribution in [3.05, 3.63) is 47.3 Å². The van der Waals surface area contributed by atoms with Crippen molar-refractivity contribution in [2.75, 3.05) is 7.05 Å². The van der Waals surface area contributed by atoms with Gasteiger partial charge in [-0.3, -0.25) is 4.99 Å². The van der Waals surface area contributed by atoms with Gasteiger partial charge in [-0.2, -0.15) is 0 Å². The van der Waals surface area contributed by atoms with Gasteiger partial charge in [-0.1, -0.05) is 12.1 Å². The number of benzene rings is 1. The number of hydrogen-bond acceptors (Lipinski definition) is 3. The van der Waals surface area contributed by atoms with Gasteiger partial charge in [0.05, 0.1) is 6.54 Å². The molecule has 2 N–H and O–H groups in total. The molecule has 1 heterocycles. The quantitative estimate of drug-likeness (QED) is 0.432. The molecule has 0 spiro atoms. The number of aliphatic imine (C=N–C) groups is 1. The second-order valence-electron chi connectivity index (χ2n) is 4.90. The van der Waals surface area contributed by atoms with E-state index in [9.17, 15) is 4.39 Å². The molecule has 126 valence electrons. The van der Waals surface area contributed by atoms with Crippen molar-refractivity contribution in [2.24, 2.45) is 4.99 Å². The van der Waals surface area contributed by atoms with Crippen molar-refractivity contribution in [3.63, 3.8) is 0 Å². The Morgan fingerprint density at radius 3 is 2.70 bits per heavy atom. The maximum Gasteiger partial charge on any atom is 0.191 e. The maximum atomic E-state index is 13.2. The van der Waals surface area contributed by atoms with E-state index in [2.05, 4.69) is 25.8 Å². The lowest BCUT2D eigenvalue weighted by Gasteiger charge is -2.12. The Labute approximate surface area is 152 Å². The van der Waals surface area contributed by atoms with Crippen LogP contribution in [0.15, 0.2) is 29.5 Å². The number of aryl methyl sites for hydroxylation is 2. The summed E-state index contributed by atoms with van der Waals surface area (Å²) in [4.78, 5) is 4.16. The van der Waals surface area contributed by atoms with E-state index < -0.39 is 0 Å². The van der Waals surface area contributed by atoms with E-state index in [4.69, 9.17) is 0 Å². The average molecular weight is 432 g/mol. The second-order valence-corrected chi connectivity index (χ2v) is 4.90. The first-order valence-corrected chi connectivity index (χ1v) is 7.20. The van der Waals surface area contributed by atoms with Crippen LogP contribution in [0.2, 0.25) is 0 Å². The number of rotatable bonds is 5. The highest BCUT2D eigenvalue weighted by Crippen LogP contribution is 2.08. The van der Waals surface area contributed by atoms with Gasteiger partial charge in [0, 0.05) is 20.1 Å². The van der Waals surface area contributed by atoms with Gasteiger partial charge < -0.3 is 15.2 Å². The highest BCUT2D eigenvalue weighted by molar-refractivity contribution is 14.0. The Balaban J connectivity index is 0.00000264. The molecule has 0 saturated carbocycles. The van der Waals surface area contributed by atoms with E-state index in [1.54, 1.807) is 26.4 Å².